The van der Waals surface area contributed by atoms with E-state index in [0.717, 1.165) is 12.1 Å². The van der Waals surface area contributed by atoms with Crippen molar-refractivity contribution >= 4 is 5.97 Å². The highest BCUT2D eigenvalue weighted by molar-refractivity contribution is 5.72. The molecule has 88 valence electrons. The third-order valence-electron chi connectivity index (χ3n) is 2.04. The second-order valence-corrected chi connectivity index (χ2v) is 3.31. The Morgan fingerprint density at radius 3 is 2.69 bits per heavy atom. The van der Waals surface area contributed by atoms with Crippen LogP contribution in [-0.4, -0.2) is 22.3 Å². The van der Waals surface area contributed by atoms with Crippen molar-refractivity contribution < 1.29 is 24.1 Å². The number of aliphatic carboxylic acids is 1. The van der Waals surface area contributed by atoms with Crippen molar-refractivity contribution in [3.63, 3.8) is 0 Å². The summed E-state index contributed by atoms with van der Waals surface area (Å²) in [7, 11) is 0. The molecular weight excluding hydrogens is 215 g/mol. The van der Waals surface area contributed by atoms with Gasteiger partial charge in [-0.05, 0) is 24.1 Å². The van der Waals surface area contributed by atoms with Crippen LogP contribution in [0.1, 0.15) is 18.9 Å². The van der Waals surface area contributed by atoms with Gasteiger partial charge in [-0.1, -0.05) is 6.92 Å². The minimum Gasteiger partial charge on any atom is -0.479 e. The van der Waals surface area contributed by atoms with Crippen LogP contribution >= 0.6 is 0 Å². The summed E-state index contributed by atoms with van der Waals surface area (Å²) in [5, 5.41) is 17.6. The molecule has 1 aromatic carbocycles. The van der Waals surface area contributed by atoms with Crippen LogP contribution in [0.25, 0.3) is 0 Å². The first kappa shape index (κ1) is 12.4. The SMILES string of the molecule is CCC(Oc1cc(F)cc(CO)c1)C(=O)O. The molecule has 1 unspecified atom stereocenters. The van der Waals surface area contributed by atoms with Crippen molar-refractivity contribution in [1.29, 1.82) is 0 Å². The minimum atomic E-state index is -1.10. The lowest BCUT2D eigenvalue weighted by atomic mass is 10.2. The number of hydrogen-bond acceptors (Lipinski definition) is 3. The fraction of sp³-hybridized carbons (Fsp3) is 0.364. The molecule has 0 saturated carbocycles. The second kappa shape index (κ2) is 5.46. The standard InChI is InChI=1S/C11H13FO4/c1-2-10(11(14)15)16-9-4-7(6-13)3-8(12)5-9/h3-5,10,13H,2,6H2,1H3,(H,14,15). The normalized spacial score (nSPS) is 12.2. The molecule has 1 aromatic rings. The lowest BCUT2D eigenvalue weighted by Crippen LogP contribution is -2.26. The topological polar surface area (TPSA) is 66.8 Å². The van der Waals surface area contributed by atoms with Gasteiger partial charge in [0.25, 0.3) is 0 Å². The van der Waals surface area contributed by atoms with Gasteiger partial charge in [-0.3, -0.25) is 0 Å². The molecule has 0 heterocycles. The number of ether oxygens (including phenoxy) is 1. The Labute approximate surface area is 92.3 Å². The fourth-order valence-electron chi connectivity index (χ4n) is 1.25. The molecule has 0 bridgehead atoms. The maximum atomic E-state index is 13.0. The lowest BCUT2D eigenvalue weighted by molar-refractivity contribution is -0.145. The molecule has 1 rings (SSSR count). The Balaban J connectivity index is 2.87. The average Bonchev–Trinajstić information content (AvgIpc) is 2.24. The fourth-order valence-corrected chi connectivity index (χ4v) is 1.25. The van der Waals surface area contributed by atoms with Crippen molar-refractivity contribution in [3.8, 4) is 5.75 Å². The molecule has 2 N–H and O–H groups in total. The van der Waals surface area contributed by atoms with Crippen LogP contribution in [0.15, 0.2) is 18.2 Å². The zero-order chi connectivity index (χ0) is 12.1. The van der Waals surface area contributed by atoms with Crippen LogP contribution in [0, 0.1) is 5.82 Å². The quantitative estimate of drug-likeness (QED) is 0.802. The first-order valence-corrected chi connectivity index (χ1v) is 4.86. The summed E-state index contributed by atoms with van der Waals surface area (Å²) in [5.41, 5.74) is 0.343. The van der Waals surface area contributed by atoms with Crippen molar-refractivity contribution in [2.75, 3.05) is 0 Å². The minimum absolute atomic E-state index is 0.110. The molecule has 0 radical (unpaired) electrons. The van der Waals surface area contributed by atoms with E-state index < -0.39 is 17.9 Å². The first-order valence-electron chi connectivity index (χ1n) is 4.86. The molecule has 0 saturated heterocycles. The van der Waals surface area contributed by atoms with Crippen molar-refractivity contribution in [2.24, 2.45) is 0 Å². The van der Waals surface area contributed by atoms with Crippen LogP contribution < -0.4 is 4.74 Å². The van der Waals surface area contributed by atoms with E-state index in [1.807, 2.05) is 0 Å². The number of carboxylic acids is 1. The second-order valence-electron chi connectivity index (χ2n) is 3.31. The van der Waals surface area contributed by atoms with Crippen LogP contribution in [0.5, 0.6) is 5.75 Å². The summed E-state index contributed by atoms with van der Waals surface area (Å²) in [6.45, 7) is 1.34. The van der Waals surface area contributed by atoms with E-state index in [1.54, 1.807) is 6.92 Å². The molecule has 0 amide bonds. The van der Waals surface area contributed by atoms with Gasteiger partial charge in [0.15, 0.2) is 6.10 Å². The molecule has 0 spiro atoms. The molecule has 0 aromatic heterocycles. The number of rotatable bonds is 5. The molecule has 0 aliphatic carbocycles. The van der Waals surface area contributed by atoms with Gasteiger partial charge in [-0.2, -0.15) is 0 Å². The molecule has 0 fully saturated rings. The molecular formula is C11H13FO4. The van der Waals surface area contributed by atoms with Crippen molar-refractivity contribution in [3.05, 3.63) is 29.6 Å². The maximum Gasteiger partial charge on any atom is 0.344 e. The van der Waals surface area contributed by atoms with Gasteiger partial charge < -0.3 is 14.9 Å². The summed E-state index contributed by atoms with van der Waals surface area (Å²) >= 11 is 0. The summed E-state index contributed by atoms with van der Waals surface area (Å²) in [5.74, 6) is -1.56. The zero-order valence-corrected chi connectivity index (χ0v) is 8.81. The van der Waals surface area contributed by atoms with Gasteiger partial charge >= 0.3 is 5.97 Å². The van der Waals surface area contributed by atoms with Crippen LogP contribution in [-0.2, 0) is 11.4 Å². The van der Waals surface area contributed by atoms with Gasteiger partial charge in [0.2, 0.25) is 0 Å². The Hall–Kier alpha value is -1.62. The highest BCUT2D eigenvalue weighted by Gasteiger charge is 2.17. The van der Waals surface area contributed by atoms with Crippen molar-refractivity contribution in [2.45, 2.75) is 26.1 Å². The van der Waals surface area contributed by atoms with Gasteiger partial charge in [0.05, 0.1) is 6.61 Å². The number of carbonyl (C=O) groups is 1. The third kappa shape index (κ3) is 3.20. The summed E-state index contributed by atoms with van der Waals surface area (Å²) < 4.78 is 18.1. The number of aliphatic hydroxyl groups is 1. The van der Waals surface area contributed by atoms with Gasteiger partial charge in [0.1, 0.15) is 11.6 Å². The monoisotopic (exact) mass is 228 g/mol. The number of halogens is 1. The Bertz CT molecular complexity index is 378. The highest BCUT2D eigenvalue weighted by atomic mass is 19.1. The van der Waals surface area contributed by atoms with E-state index in [1.165, 1.54) is 6.07 Å². The third-order valence-corrected chi connectivity index (χ3v) is 2.04. The summed E-state index contributed by atoms with van der Waals surface area (Å²) in [4.78, 5) is 10.7. The lowest BCUT2D eigenvalue weighted by Gasteiger charge is -2.13. The van der Waals surface area contributed by atoms with Crippen LogP contribution in [0.2, 0.25) is 0 Å². The number of benzene rings is 1. The predicted molar refractivity (Wildman–Crippen MR) is 54.7 cm³/mol. The Morgan fingerprint density at radius 1 is 1.50 bits per heavy atom. The van der Waals surface area contributed by atoms with Gasteiger partial charge in [-0.15, -0.1) is 0 Å². The molecule has 0 aliphatic heterocycles. The van der Waals surface area contributed by atoms with E-state index in [0.29, 0.717) is 5.56 Å². The van der Waals surface area contributed by atoms with Crippen LogP contribution in [0.3, 0.4) is 0 Å². The largest absolute Gasteiger partial charge is 0.479 e. The number of hydrogen-bond donors (Lipinski definition) is 2. The van der Waals surface area contributed by atoms with Gasteiger partial charge in [0, 0.05) is 6.07 Å². The Morgan fingerprint density at radius 2 is 2.19 bits per heavy atom. The summed E-state index contributed by atoms with van der Waals surface area (Å²) in [6, 6.07) is 3.66. The molecule has 16 heavy (non-hydrogen) atoms. The number of aliphatic hydroxyl groups excluding tert-OH is 1. The van der Waals surface area contributed by atoms with E-state index in [4.69, 9.17) is 14.9 Å². The van der Waals surface area contributed by atoms with E-state index in [9.17, 15) is 9.18 Å². The maximum absolute atomic E-state index is 13.0. The van der Waals surface area contributed by atoms with Crippen LogP contribution in [0.4, 0.5) is 4.39 Å². The number of carboxylic acid groups (broad SMARTS) is 1. The smallest absolute Gasteiger partial charge is 0.344 e. The predicted octanol–water partition coefficient (Wildman–Crippen LogP) is 1.56. The molecule has 1 atom stereocenters. The van der Waals surface area contributed by atoms with E-state index in [-0.39, 0.29) is 18.8 Å². The van der Waals surface area contributed by atoms with Gasteiger partial charge in [-0.25, -0.2) is 9.18 Å². The first-order chi connectivity index (χ1) is 7.56. The molecule has 5 heteroatoms. The highest BCUT2D eigenvalue weighted by Crippen LogP contribution is 2.18. The molecule has 0 aliphatic rings. The Kier molecular flexibility index (Phi) is 4.25. The zero-order valence-electron chi connectivity index (χ0n) is 8.81. The van der Waals surface area contributed by atoms with Crippen molar-refractivity contribution in [1.82, 2.24) is 0 Å². The van der Waals surface area contributed by atoms with E-state index >= 15 is 0 Å². The summed E-state index contributed by atoms with van der Waals surface area (Å²) in [6.07, 6.45) is -0.728. The van der Waals surface area contributed by atoms with E-state index in [2.05, 4.69) is 0 Å². The average molecular weight is 228 g/mol. The molecule has 4 nitrogen and oxygen atoms in total.